The largest absolute Gasteiger partial charge is 0.467 e. The summed E-state index contributed by atoms with van der Waals surface area (Å²) in [7, 11) is 0. The Morgan fingerprint density at radius 1 is 1.75 bits per heavy atom. The van der Waals surface area contributed by atoms with Gasteiger partial charge in [0.05, 0.1) is 19.4 Å². The summed E-state index contributed by atoms with van der Waals surface area (Å²) in [4.78, 5) is 10.5. The molecule has 0 atom stereocenters. The number of hydrogen-bond donors (Lipinski definition) is 2. The maximum absolute atomic E-state index is 10.5. The molecule has 2 N–H and O–H groups in total. The van der Waals surface area contributed by atoms with Crippen molar-refractivity contribution >= 4 is 5.91 Å². The molecule has 1 amide bonds. The fourth-order valence-electron chi connectivity index (χ4n) is 0.813. The number of rotatable bonds is 3. The van der Waals surface area contributed by atoms with Gasteiger partial charge in [0, 0.05) is 12.5 Å². The SMILES string of the molecule is CC(=O)NCc1cc(CO)co1. The zero-order valence-electron chi connectivity index (χ0n) is 6.83. The van der Waals surface area contributed by atoms with E-state index in [1.54, 1.807) is 6.07 Å². The molecule has 1 heterocycles. The molecule has 12 heavy (non-hydrogen) atoms. The van der Waals surface area contributed by atoms with Gasteiger partial charge in [-0.15, -0.1) is 0 Å². The van der Waals surface area contributed by atoms with Crippen LogP contribution in [0.15, 0.2) is 16.7 Å². The molecule has 4 heteroatoms. The molecule has 0 spiro atoms. The van der Waals surface area contributed by atoms with E-state index in [0.29, 0.717) is 12.3 Å². The first-order valence-corrected chi connectivity index (χ1v) is 3.64. The van der Waals surface area contributed by atoms with Crippen LogP contribution in [0.1, 0.15) is 18.2 Å². The van der Waals surface area contributed by atoms with Gasteiger partial charge in [-0.05, 0) is 6.07 Å². The fourth-order valence-corrected chi connectivity index (χ4v) is 0.813. The summed E-state index contributed by atoms with van der Waals surface area (Å²) < 4.78 is 5.03. The van der Waals surface area contributed by atoms with Crippen LogP contribution in [0, 0.1) is 0 Å². The van der Waals surface area contributed by atoms with Crippen LogP contribution in [-0.2, 0) is 17.9 Å². The van der Waals surface area contributed by atoms with Crippen molar-refractivity contribution in [3.05, 3.63) is 23.7 Å². The Balaban J connectivity index is 2.47. The molecule has 0 saturated heterocycles. The standard InChI is InChI=1S/C8H11NO3/c1-6(11)9-3-8-2-7(4-10)5-12-8/h2,5,10H,3-4H2,1H3,(H,9,11). The molecule has 0 aliphatic rings. The summed E-state index contributed by atoms with van der Waals surface area (Å²) in [6.07, 6.45) is 1.47. The fraction of sp³-hybridized carbons (Fsp3) is 0.375. The van der Waals surface area contributed by atoms with Gasteiger partial charge in [0.15, 0.2) is 0 Å². The van der Waals surface area contributed by atoms with Gasteiger partial charge in [-0.2, -0.15) is 0 Å². The van der Waals surface area contributed by atoms with Crippen molar-refractivity contribution in [2.75, 3.05) is 0 Å². The highest BCUT2D eigenvalue weighted by molar-refractivity contribution is 5.72. The topological polar surface area (TPSA) is 62.5 Å². The number of aliphatic hydroxyl groups is 1. The molecular weight excluding hydrogens is 158 g/mol. The van der Waals surface area contributed by atoms with Crippen LogP contribution in [0.3, 0.4) is 0 Å². The second kappa shape index (κ2) is 3.92. The van der Waals surface area contributed by atoms with Gasteiger partial charge >= 0.3 is 0 Å². The molecule has 0 unspecified atom stereocenters. The minimum absolute atomic E-state index is 0.0381. The van der Waals surface area contributed by atoms with Gasteiger partial charge in [-0.25, -0.2) is 0 Å². The molecule has 1 aromatic rings. The highest BCUT2D eigenvalue weighted by Gasteiger charge is 2.00. The Kier molecular flexibility index (Phi) is 2.88. The van der Waals surface area contributed by atoms with E-state index in [4.69, 9.17) is 9.52 Å². The van der Waals surface area contributed by atoms with Gasteiger partial charge in [0.1, 0.15) is 5.76 Å². The summed E-state index contributed by atoms with van der Waals surface area (Å²) in [5, 5.41) is 11.3. The van der Waals surface area contributed by atoms with Gasteiger partial charge in [0.25, 0.3) is 0 Å². The van der Waals surface area contributed by atoms with Crippen LogP contribution in [-0.4, -0.2) is 11.0 Å². The minimum Gasteiger partial charge on any atom is -0.467 e. The Labute approximate surface area is 70.2 Å². The third-order valence-corrected chi connectivity index (χ3v) is 1.40. The van der Waals surface area contributed by atoms with Crippen LogP contribution in [0.5, 0.6) is 0 Å². The number of amides is 1. The molecule has 1 aromatic heterocycles. The highest BCUT2D eigenvalue weighted by atomic mass is 16.3. The van der Waals surface area contributed by atoms with E-state index in [1.807, 2.05) is 0 Å². The van der Waals surface area contributed by atoms with Gasteiger partial charge in [0.2, 0.25) is 5.91 Å². The summed E-state index contributed by atoms with van der Waals surface area (Å²) in [6, 6.07) is 1.70. The molecule has 0 aliphatic heterocycles. The Morgan fingerprint density at radius 3 is 3.00 bits per heavy atom. The minimum atomic E-state index is -0.100. The van der Waals surface area contributed by atoms with Gasteiger partial charge < -0.3 is 14.8 Å². The molecule has 0 fully saturated rings. The highest BCUT2D eigenvalue weighted by Crippen LogP contribution is 2.06. The quantitative estimate of drug-likeness (QED) is 0.688. The number of aliphatic hydroxyl groups excluding tert-OH is 1. The van der Waals surface area contributed by atoms with Gasteiger partial charge in [-0.1, -0.05) is 0 Å². The predicted molar refractivity (Wildman–Crippen MR) is 42.2 cm³/mol. The maximum atomic E-state index is 10.5. The van der Waals surface area contributed by atoms with Crippen LogP contribution in [0.4, 0.5) is 0 Å². The van der Waals surface area contributed by atoms with E-state index in [-0.39, 0.29) is 12.5 Å². The zero-order valence-corrected chi connectivity index (χ0v) is 6.83. The van der Waals surface area contributed by atoms with Crippen LogP contribution >= 0.6 is 0 Å². The van der Waals surface area contributed by atoms with Crippen molar-refractivity contribution in [1.82, 2.24) is 5.32 Å². The first-order valence-electron chi connectivity index (χ1n) is 3.64. The van der Waals surface area contributed by atoms with Crippen molar-refractivity contribution in [3.8, 4) is 0 Å². The van der Waals surface area contributed by atoms with E-state index in [2.05, 4.69) is 5.32 Å². The third kappa shape index (κ3) is 2.39. The number of carbonyl (C=O) groups excluding carboxylic acids is 1. The molecule has 0 aromatic carbocycles. The molecule has 0 radical (unpaired) electrons. The normalized spacial score (nSPS) is 9.83. The first-order chi connectivity index (χ1) is 5.72. The Morgan fingerprint density at radius 2 is 2.50 bits per heavy atom. The lowest BCUT2D eigenvalue weighted by molar-refractivity contribution is -0.119. The van der Waals surface area contributed by atoms with Crippen molar-refractivity contribution in [1.29, 1.82) is 0 Å². The van der Waals surface area contributed by atoms with Crippen molar-refractivity contribution < 1.29 is 14.3 Å². The second-order valence-corrected chi connectivity index (χ2v) is 2.49. The smallest absolute Gasteiger partial charge is 0.217 e. The van der Waals surface area contributed by atoms with E-state index in [9.17, 15) is 4.79 Å². The average molecular weight is 169 g/mol. The zero-order chi connectivity index (χ0) is 8.97. The first kappa shape index (κ1) is 8.80. The predicted octanol–water partition coefficient (Wildman–Crippen LogP) is 0.408. The molecule has 1 rings (SSSR count). The van der Waals surface area contributed by atoms with E-state index in [0.717, 1.165) is 5.56 Å². The monoisotopic (exact) mass is 169 g/mol. The molecule has 4 nitrogen and oxygen atoms in total. The van der Waals surface area contributed by atoms with Crippen LogP contribution in [0.2, 0.25) is 0 Å². The van der Waals surface area contributed by atoms with E-state index in [1.165, 1.54) is 13.2 Å². The van der Waals surface area contributed by atoms with Crippen LogP contribution in [0.25, 0.3) is 0 Å². The summed E-state index contributed by atoms with van der Waals surface area (Å²) in [5.41, 5.74) is 0.718. The van der Waals surface area contributed by atoms with E-state index < -0.39 is 0 Å². The van der Waals surface area contributed by atoms with Crippen molar-refractivity contribution in [2.45, 2.75) is 20.1 Å². The average Bonchev–Trinajstić information content (AvgIpc) is 2.48. The Hall–Kier alpha value is -1.29. The summed E-state index contributed by atoms with van der Waals surface area (Å²) >= 11 is 0. The molecule has 0 aliphatic carbocycles. The number of furan rings is 1. The van der Waals surface area contributed by atoms with Crippen molar-refractivity contribution in [2.24, 2.45) is 0 Å². The lowest BCUT2D eigenvalue weighted by atomic mass is 10.3. The lowest BCUT2D eigenvalue weighted by Crippen LogP contribution is -2.18. The molecule has 0 bridgehead atoms. The lowest BCUT2D eigenvalue weighted by Gasteiger charge is -1.95. The molecular formula is C8H11NO3. The van der Waals surface area contributed by atoms with Crippen molar-refractivity contribution in [3.63, 3.8) is 0 Å². The second-order valence-electron chi connectivity index (χ2n) is 2.49. The molecule has 66 valence electrons. The van der Waals surface area contributed by atoms with Gasteiger partial charge in [-0.3, -0.25) is 4.79 Å². The van der Waals surface area contributed by atoms with Crippen LogP contribution < -0.4 is 5.32 Å². The summed E-state index contributed by atoms with van der Waals surface area (Å²) in [5.74, 6) is 0.547. The van der Waals surface area contributed by atoms with E-state index >= 15 is 0 Å². The maximum Gasteiger partial charge on any atom is 0.217 e. The third-order valence-electron chi connectivity index (χ3n) is 1.40. The number of hydrogen-bond acceptors (Lipinski definition) is 3. The number of nitrogens with one attached hydrogen (secondary N) is 1. The Bertz CT molecular complexity index is 267. The number of carbonyl (C=O) groups is 1. The molecule has 0 saturated carbocycles. The summed E-state index contributed by atoms with van der Waals surface area (Å²) in [6.45, 7) is 1.77.